The molecule has 0 N–H and O–H groups in total. The largest absolute Gasteiger partial charge is 0.493 e. The minimum Gasteiger partial charge on any atom is -0.493 e. The van der Waals surface area contributed by atoms with Crippen LogP contribution in [-0.4, -0.2) is 6.61 Å². The Kier molecular flexibility index (Phi) is 4.92. The van der Waals surface area contributed by atoms with Crippen LogP contribution in [0.3, 0.4) is 0 Å². The molecule has 110 valence electrons. The van der Waals surface area contributed by atoms with Crippen LogP contribution in [0.1, 0.15) is 16.7 Å². The molecule has 0 atom stereocenters. The molecular formula is C16H13Br3O2. The quantitative estimate of drug-likeness (QED) is 0.533. The molecule has 21 heavy (non-hydrogen) atoms. The number of rotatable bonds is 4. The van der Waals surface area contributed by atoms with E-state index in [1.54, 1.807) is 0 Å². The predicted molar refractivity (Wildman–Crippen MR) is 94.4 cm³/mol. The highest BCUT2D eigenvalue weighted by Gasteiger charge is 2.18. The molecule has 2 aromatic rings. The van der Waals surface area contributed by atoms with Gasteiger partial charge in [0.15, 0.2) is 0 Å². The van der Waals surface area contributed by atoms with Crippen LogP contribution in [0.4, 0.5) is 0 Å². The van der Waals surface area contributed by atoms with Crippen molar-refractivity contribution in [3.05, 3.63) is 56.0 Å². The third-order valence-electron chi connectivity index (χ3n) is 3.36. The van der Waals surface area contributed by atoms with Crippen molar-refractivity contribution in [2.24, 2.45) is 0 Å². The second-order valence-corrected chi connectivity index (χ2v) is 7.17. The van der Waals surface area contributed by atoms with E-state index < -0.39 is 0 Å². The lowest BCUT2D eigenvalue weighted by Crippen LogP contribution is -1.99. The first-order valence-corrected chi connectivity index (χ1v) is 9.29. The first-order valence-electron chi connectivity index (χ1n) is 6.58. The van der Waals surface area contributed by atoms with E-state index >= 15 is 0 Å². The van der Waals surface area contributed by atoms with Gasteiger partial charge in [-0.1, -0.05) is 37.9 Å². The highest BCUT2D eigenvalue weighted by molar-refractivity contribution is 9.11. The van der Waals surface area contributed by atoms with Crippen molar-refractivity contribution in [1.29, 1.82) is 0 Å². The Morgan fingerprint density at radius 1 is 1.14 bits per heavy atom. The molecule has 0 aliphatic carbocycles. The summed E-state index contributed by atoms with van der Waals surface area (Å²) < 4.78 is 13.7. The van der Waals surface area contributed by atoms with Gasteiger partial charge in [-0.15, -0.1) is 0 Å². The van der Waals surface area contributed by atoms with Crippen molar-refractivity contribution in [2.45, 2.75) is 18.4 Å². The Morgan fingerprint density at radius 2 is 2.00 bits per heavy atom. The molecule has 0 saturated heterocycles. The molecule has 0 unspecified atom stereocenters. The Balaban J connectivity index is 1.79. The monoisotopic (exact) mass is 474 g/mol. The molecule has 1 aliphatic heterocycles. The fourth-order valence-corrected chi connectivity index (χ4v) is 3.80. The van der Waals surface area contributed by atoms with Gasteiger partial charge in [-0.05, 0) is 51.3 Å². The predicted octanol–water partition coefficient (Wildman–Crippen LogP) is 5.62. The second-order valence-electron chi connectivity index (χ2n) is 4.84. The van der Waals surface area contributed by atoms with Gasteiger partial charge in [0.1, 0.15) is 18.1 Å². The molecule has 0 radical (unpaired) electrons. The summed E-state index contributed by atoms with van der Waals surface area (Å²) in [4.78, 5) is 0. The number of benzene rings is 2. The number of fused-ring (bicyclic) bond motifs is 1. The zero-order chi connectivity index (χ0) is 14.8. The number of ether oxygens (including phenoxy) is 2. The molecule has 1 heterocycles. The Labute approximate surface area is 149 Å². The fourth-order valence-electron chi connectivity index (χ4n) is 2.35. The number of alkyl halides is 1. The van der Waals surface area contributed by atoms with Crippen molar-refractivity contribution in [2.75, 3.05) is 6.61 Å². The van der Waals surface area contributed by atoms with Gasteiger partial charge >= 0.3 is 0 Å². The topological polar surface area (TPSA) is 18.5 Å². The molecule has 0 aromatic heterocycles. The molecule has 0 saturated carbocycles. The van der Waals surface area contributed by atoms with E-state index in [1.165, 1.54) is 11.1 Å². The molecule has 0 bridgehead atoms. The maximum Gasteiger partial charge on any atom is 0.134 e. The van der Waals surface area contributed by atoms with Gasteiger partial charge in [-0.25, -0.2) is 0 Å². The van der Waals surface area contributed by atoms with Crippen molar-refractivity contribution >= 4 is 47.8 Å². The van der Waals surface area contributed by atoms with Gasteiger partial charge in [0.25, 0.3) is 0 Å². The van der Waals surface area contributed by atoms with Crippen LogP contribution in [0.2, 0.25) is 0 Å². The normalized spacial score (nSPS) is 12.9. The van der Waals surface area contributed by atoms with E-state index in [4.69, 9.17) is 9.47 Å². The SMILES string of the molecule is BrCc1ccc(OCc2cc(Br)cc3c2OCC3)c(Br)c1. The summed E-state index contributed by atoms with van der Waals surface area (Å²) in [6, 6.07) is 10.3. The molecule has 1 aliphatic rings. The lowest BCUT2D eigenvalue weighted by atomic mass is 10.1. The third kappa shape index (κ3) is 3.46. The van der Waals surface area contributed by atoms with Crippen LogP contribution in [0.5, 0.6) is 11.5 Å². The van der Waals surface area contributed by atoms with E-state index in [0.29, 0.717) is 6.61 Å². The highest BCUT2D eigenvalue weighted by Crippen LogP contribution is 2.34. The summed E-state index contributed by atoms with van der Waals surface area (Å²) in [5.74, 6) is 1.82. The van der Waals surface area contributed by atoms with Gasteiger partial charge in [0.2, 0.25) is 0 Å². The number of hydrogen-bond acceptors (Lipinski definition) is 2. The molecule has 2 nitrogen and oxygen atoms in total. The van der Waals surface area contributed by atoms with Gasteiger partial charge in [-0.3, -0.25) is 0 Å². The minimum absolute atomic E-state index is 0.494. The van der Waals surface area contributed by atoms with Crippen molar-refractivity contribution in [1.82, 2.24) is 0 Å². The van der Waals surface area contributed by atoms with Crippen molar-refractivity contribution < 1.29 is 9.47 Å². The maximum atomic E-state index is 5.94. The number of hydrogen-bond donors (Lipinski definition) is 0. The molecule has 0 fully saturated rings. The van der Waals surface area contributed by atoms with E-state index in [-0.39, 0.29) is 0 Å². The van der Waals surface area contributed by atoms with Crippen LogP contribution in [0.25, 0.3) is 0 Å². The summed E-state index contributed by atoms with van der Waals surface area (Å²) in [7, 11) is 0. The van der Waals surface area contributed by atoms with E-state index in [2.05, 4.69) is 72.1 Å². The minimum atomic E-state index is 0.494. The second kappa shape index (κ2) is 6.71. The van der Waals surface area contributed by atoms with Crippen LogP contribution >= 0.6 is 47.8 Å². The lowest BCUT2D eigenvalue weighted by molar-refractivity contribution is 0.290. The molecule has 0 spiro atoms. The maximum absolute atomic E-state index is 5.94. The summed E-state index contributed by atoms with van der Waals surface area (Å²) in [5, 5.41) is 0.832. The van der Waals surface area contributed by atoms with E-state index in [9.17, 15) is 0 Å². The van der Waals surface area contributed by atoms with Gasteiger partial charge in [0, 0.05) is 21.8 Å². The van der Waals surface area contributed by atoms with Gasteiger partial charge in [0.05, 0.1) is 11.1 Å². The van der Waals surface area contributed by atoms with Gasteiger partial charge < -0.3 is 9.47 Å². The lowest BCUT2D eigenvalue weighted by Gasteiger charge is -2.12. The third-order valence-corrected chi connectivity index (χ3v) is 5.08. The first kappa shape index (κ1) is 15.4. The summed E-state index contributed by atoms with van der Waals surface area (Å²) in [6.45, 7) is 1.25. The van der Waals surface area contributed by atoms with Crippen LogP contribution < -0.4 is 9.47 Å². The van der Waals surface area contributed by atoms with E-state index in [0.717, 1.165) is 44.4 Å². The number of halogens is 3. The zero-order valence-corrected chi connectivity index (χ0v) is 15.9. The molecule has 3 rings (SSSR count). The average molecular weight is 477 g/mol. The summed E-state index contributed by atoms with van der Waals surface area (Å²) in [6.07, 6.45) is 0.964. The van der Waals surface area contributed by atoms with E-state index in [1.807, 2.05) is 6.07 Å². The highest BCUT2D eigenvalue weighted by atomic mass is 79.9. The van der Waals surface area contributed by atoms with Gasteiger partial charge in [-0.2, -0.15) is 0 Å². The van der Waals surface area contributed by atoms with Crippen LogP contribution in [0.15, 0.2) is 39.3 Å². The molecule has 5 heteroatoms. The smallest absolute Gasteiger partial charge is 0.134 e. The fraction of sp³-hybridized carbons (Fsp3) is 0.250. The van der Waals surface area contributed by atoms with Crippen LogP contribution in [-0.2, 0) is 18.4 Å². The molecular weight excluding hydrogens is 464 g/mol. The Morgan fingerprint density at radius 3 is 2.76 bits per heavy atom. The Hall–Kier alpha value is -0.520. The van der Waals surface area contributed by atoms with Crippen molar-refractivity contribution in [3.8, 4) is 11.5 Å². The zero-order valence-electron chi connectivity index (χ0n) is 11.2. The van der Waals surface area contributed by atoms with Crippen LogP contribution in [0, 0.1) is 0 Å². The first-order chi connectivity index (χ1) is 10.2. The van der Waals surface area contributed by atoms with Crippen molar-refractivity contribution in [3.63, 3.8) is 0 Å². The molecule has 0 amide bonds. The average Bonchev–Trinajstić information content (AvgIpc) is 2.93. The molecule has 2 aromatic carbocycles. The summed E-state index contributed by atoms with van der Waals surface area (Å²) >= 11 is 10.6. The Bertz CT molecular complexity index is 671. The standard InChI is InChI=1S/C16H13Br3O2/c17-8-10-1-2-15(14(19)5-10)21-9-12-7-13(18)6-11-3-4-20-16(11)12/h1-2,5-7H,3-4,8-9H2. The summed E-state index contributed by atoms with van der Waals surface area (Å²) in [5.41, 5.74) is 3.53.